The van der Waals surface area contributed by atoms with Crippen LogP contribution in [0.4, 0.5) is 0 Å². The Morgan fingerprint density at radius 2 is 2.11 bits per heavy atom. The summed E-state index contributed by atoms with van der Waals surface area (Å²) in [5, 5.41) is 2.02. The van der Waals surface area contributed by atoms with Gasteiger partial charge in [-0.15, -0.1) is 11.3 Å². The maximum Gasteiger partial charge on any atom is 0.217 e. The minimum absolute atomic E-state index is 0.514. The van der Waals surface area contributed by atoms with Crippen LogP contribution in [0.3, 0.4) is 0 Å². The number of pyridine rings is 1. The molecule has 0 aliphatic heterocycles. The van der Waals surface area contributed by atoms with Gasteiger partial charge < -0.3 is 4.74 Å². The van der Waals surface area contributed by atoms with E-state index in [1.807, 2.05) is 23.2 Å². The molecular formula is C15H18N2OS. The number of rotatable bonds is 4. The first-order chi connectivity index (χ1) is 9.43. The second kappa shape index (κ2) is 6.15. The minimum atomic E-state index is 0.514. The van der Waals surface area contributed by atoms with Crippen LogP contribution in [0.15, 0.2) is 29.2 Å². The fraction of sp³-hybridized carbons (Fsp3) is 0.467. The van der Waals surface area contributed by atoms with Gasteiger partial charge in [-0.25, -0.2) is 9.97 Å². The summed E-state index contributed by atoms with van der Waals surface area (Å²) >= 11 is 1.60. The first-order valence-corrected chi connectivity index (χ1v) is 7.82. The lowest BCUT2D eigenvalue weighted by Gasteiger charge is -2.23. The molecule has 3 rings (SSSR count). The highest BCUT2D eigenvalue weighted by atomic mass is 32.1. The van der Waals surface area contributed by atoms with Crippen molar-refractivity contribution in [1.29, 1.82) is 0 Å². The van der Waals surface area contributed by atoms with Gasteiger partial charge in [0.05, 0.1) is 11.2 Å². The third kappa shape index (κ3) is 3.13. The molecule has 1 saturated carbocycles. The smallest absolute Gasteiger partial charge is 0.217 e. The molecule has 0 bridgehead atoms. The molecule has 0 spiro atoms. The molecular weight excluding hydrogens is 256 g/mol. The summed E-state index contributed by atoms with van der Waals surface area (Å²) in [6.07, 6.45) is 8.35. The highest BCUT2D eigenvalue weighted by Crippen LogP contribution is 2.36. The number of thiazole rings is 1. The van der Waals surface area contributed by atoms with Crippen LogP contribution in [0, 0.1) is 0 Å². The van der Waals surface area contributed by atoms with Gasteiger partial charge in [0.2, 0.25) is 5.88 Å². The summed E-state index contributed by atoms with van der Waals surface area (Å²) in [6, 6.07) is 4.18. The predicted octanol–water partition coefficient (Wildman–Crippen LogP) is 4.16. The van der Waals surface area contributed by atoms with E-state index in [0.29, 0.717) is 12.5 Å². The Bertz CT molecular complexity index is 507. The van der Waals surface area contributed by atoms with Gasteiger partial charge in [-0.1, -0.05) is 25.3 Å². The Morgan fingerprint density at radius 1 is 1.21 bits per heavy atom. The average molecular weight is 274 g/mol. The van der Waals surface area contributed by atoms with E-state index >= 15 is 0 Å². The van der Waals surface area contributed by atoms with E-state index in [4.69, 9.17) is 4.74 Å². The molecule has 0 unspecified atom stereocenters. The van der Waals surface area contributed by atoms with Crippen LogP contribution in [0.5, 0.6) is 5.88 Å². The Morgan fingerprint density at radius 3 is 2.89 bits per heavy atom. The first-order valence-electron chi connectivity index (χ1n) is 6.88. The van der Waals surface area contributed by atoms with Crippen molar-refractivity contribution in [2.24, 2.45) is 0 Å². The maximum atomic E-state index is 5.87. The monoisotopic (exact) mass is 274 g/mol. The molecule has 3 nitrogen and oxygen atoms in total. The van der Waals surface area contributed by atoms with E-state index in [-0.39, 0.29) is 0 Å². The summed E-state index contributed by atoms with van der Waals surface area (Å²) < 4.78 is 5.87. The summed E-state index contributed by atoms with van der Waals surface area (Å²) in [4.78, 5) is 8.65. The van der Waals surface area contributed by atoms with Crippen molar-refractivity contribution in [2.45, 2.75) is 44.6 Å². The molecule has 0 radical (unpaired) electrons. The van der Waals surface area contributed by atoms with E-state index in [2.05, 4.69) is 16.0 Å². The molecule has 0 atom stereocenters. The Labute approximate surface area is 117 Å². The largest absolute Gasteiger partial charge is 0.471 e. The van der Waals surface area contributed by atoms with Gasteiger partial charge in [0, 0.05) is 17.1 Å². The Kier molecular flexibility index (Phi) is 4.08. The van der Waals surface area contributed by atoms with Gasteiger partial charge in [0.25, 0.3) is 0 Å². The zero-order chi connectivity index (χ0) is 12.9. The third-order valence-corrected chi connectivity index (χ3v) is 4.32. The van der Waals surface area contributed by atoms with Crippen molar-refractivity contribution < 1.29 is 4.74 Å². The van der Waals surface area contributed by atoms with Gasteiger partial charge >= 0.3 is 0 Å². The highest BCUT2D eigenvalue weighted by molar-refractivity contribution is 7.07. The van der Waals surface area contributed by atoms with Crippen LogP contribution in [0.2, 0.25) is 0 Å². The lowest BCUT2D eigenvalue weighted by Crippen LogP contribution is -2.08. The number of ether oxygens (including phenoxy) is 1. The van der Waals surface area contributed by atoms with Gasteiger partial charge in [0.1, 0.15) is 6.61 Å². The number of aromatic nitrogens is 2. The van der Waals surface area contributed by atoms with Crippen molar-refractivity contribution in [2.75, 3.05) is 0 Å². The molecule has 2 aromatic heterocycles. The van der Waals surface area contributed by atoms with Crippen molar-refractivity contribution in [3.8, 4) is 5.88 Å². The second-order valence-electron chi connectivity index (χ2n) is 5.00. The quantitative estimate of drug-likeness (QED) is 0.839. The molecule has 19 heavy (non-hydrogen) atoms. The van der Waals surface area contributed by atoms with Crippen LogP contribution >= 0.6 is 11.3 Å². The number of nitrogens with zero attached hydrogens (tertiary/aromatic N) is 2. The Hall–Kier alpha value is -1.42. The average Bonchev–Trinajstić information content (AvgIpc) is 3.00. The van der Waals surface area contributed by atoms with Gasteiger partial charge in [0.15, 0.2) is 0 Å². The van der Waals surface area contributed by atoms with Crippen molar-refractivity contribution in [1.82, 2.24) is 9.97 Å². The van der Waals surface area contributed by atoms with Crippen LogP contribution in [-0.4, -0.2) is 9.97 Å². The van der Waals surface area contributed by atoms with Gasteiger partial charge in [-0.2, -0.15) is 0 Å². The molecule has 2 heterocycles. The van der Waals surface area contributed by atoms with Gasteiger partial charge in [-0.3, -0.25) is 0 Å². The number of hydrogen-bond acceptors (Lipinski definition) is 4. The predicted molar refractivity (Wildman–Crippen MR) is 76.5 cm³/mol. The molecule has 1 aliphatic rings. The fourth-order valence-corrected chi connectivity index (χ4v) is 3.24. The summed E-state index contributed by atoms with van der Waals surface area (Å²) in [5.74, 6) is 1.41. The van der Waals surface area contributed by atoms with Crippen molar-refractivity contribution >= 4 is 11.3 Å². The molecule has 0 saturated heterocycles. The van der Waals surface area contributed by atoms with Crippen LogP contribution in [0.25, 0.3) is 0 Å². The van der Waals surface area contributed by atoms with Gasteiger partial charge in [-0.05, 0) is 24.8 Å². The molecule has 0 aromatic carbocycles. The summed E-state index contributed by atoms with van der Waals surface area (Å²) in [6.45, 7) is 0.514. The lowest BCUT2D eigenvalue weighted by molar-refractivity contribution is 0.281. The van der Waals surface area contributed by atoms with Crippen LogP contribution in [-0.2, 0) is 6.61 Å². The molecule has 4 heteroatoms. The first kappa shape index (κ1) is 12.6. The minimum Gasteiger partial charge on any atom is -0.471 e. The molecule has 0 amide bonds. The molecule has 1 aliphatic carbocycles. The van der Waals surface area contributed by atoms with E-state index < -0.39 is 0 Å². The zero-order valence-electron chi connectivity index (χ0n) is 10.9. The van der Waals surface area contributed by atoms with Crippen molar-refractivity contribution in [3.05, 3.63) is 40.5 Å². The standard InChI is InChI=1S/C15H18N2OS/c1-2-5-12(6-3-1)14-7-4-8-16-15(14)18-9-13-10-19-11-17-13/h4,7-8,10-12H,1-3,5-6,9H2. The summed E-state index contributed by atoms with van der Waals surface area (Å²) in [7, 11) is 0. The van der Waals surface area contributed by atoms with Crippen molar-refractivity contribution in [3.63, 3.8) is 0 Å². The second-order valence-corrected chi connectivity index (χ2v) is 5.72. The van der Waals surface area contributed by atoms with E-state index in [1.54, 1.807) is 11.3 Å². The molecule has 100 valence electrons. The van der Waals surface area contributed by atoms with E-state index in [9.17, 15) is 0 Å². The fourth-order valence-electron chi connectivity index (χ4n) is 2.70. The highest BCUT2D eigenvalue weighted by Gasteiger charge is 2.19. The molecule has 2 aromatic rings. The third-order valence-electron chi connectivity index (χ3n) is 3.69. The summed E-state index contributed by atoms with van der Waals surface area (Å²) in [5.41, 5.74) is 4.08. The zero-order valence-corrected chi connectivity index (χ0v) is 11.7. The normalized spacial score (nSPS) is 16.4. The lowest BCUT2D eigenvalue weighted by atomic mass is 9.84. The number of hydrogen-bond donors (Lipinski definition) is 0. The topological polar surface area (TPSA) is 35.0 Å². The van der Waals surface area contributed by atoms with E-state index in [0.717, 1.165) is 11.6 Å². The van der Waals surface area contributed by atoms with Crippen LogP contribution < -0.4 is 4.74 Å². The van der Waals surface area contributed by atoms with Crippen LogP contribution in [0.1, 0.15) is 49.3 Å². The SMILES string of the molecule is c1cnc(OCc2cscn2)c(C2CCCCC2)c1. The molecule has 0 N–H and O–H groups in total. The molecule has 1 fully saturated rings. The van der Waals surface area contributed by atoms with E-state index in [1.165, 1.54) is 37.7 Å². The maximum absolute atomic E-state index is 5.87. The Balaban J connectivity index is 1.73.